The molecule has 2 rings (SSSR count). The lowest BCUT2D eigenvalue weighted by Gasteiger charge is -2.09. The Hall–Kier alpha value is -1.54. The molecular formula is C12H13BrN4O2S. The number of aryl methyl sites for hydroxylation is 3. The van der Waals surface area contributed by atoms with Crippen LogP contribution in [0, 0.1) is 20.8 Å². The number of rotatable bonds is 3. The molecule has 2 aromatic rings. The summed E-state index contributed by atoms with van der Waals surface area (Å²) in [5, 5.41) is 7.57. The number of sulfonamides is 1. The molecule has 1 N–H and O–H groups in total. The minimum absolute atomic E-state index is 0.0411. The van der Waals surface area contributed by atoms with Gasteiger partial charge in [-0.25, -0.2) is 18.1 Å². The zero-order chi connectivity index (χ0) is 14.9. The van der Waals surface area contributed by atoms with E-state index in [0.29, 0.717) is 15.9 Å². The van der Waals surface area contributed by atoms with Crippen LogP contribution < -0.4 is 4.72 Å². The molecule has 0 fully saturated rings. The molecule has 0 saturated carbocycles. The number of benzene rings is 1. The van der Waals surface area contributed by atoms with E-state index in [1.54, 1.807) is 26.0 Å². The second-order valence-electron chi connectivity index (χ2n) is 4.35. The van der Waals surface area contributed by atoms with Gasteiger partial charge in [0.1, 0.15) is 4.90 Å². The van der Waals surface area contributed by atoms with Crippen LogP contribution in [0.5, 0.6) is 0 Å². The fraction of sp³-hybridized carbons (Fsp3) is 0.250. The van der Waals surface area contributed by atoms with Crippen LogP contribution in [-0.2, 0) is 10.0 Å². The first-order chi connectivity index (χ1) is 9.29. The monoisotopic (exact) mass is 356 g/mol. The fourth-order valence-corrected chi connectivity index (χ4v) is 3.63. The predicted molar refractivity (Wildman–Crippen MR) is 79.0 cm³/mol. The normalized spacial score (nSPS) is 11.4. The summed E-state index contributed by atoms with van der Waals surface area (Å²) in [5.74, 6) is -0.0411. The van der Waals surface area contributed by atoms with Crippen molar-refractivity contribution in [3.05, 3.63) is 39.6 Å². The maximum absolute atomic E-state index is 12.3. The quantitative estimate of drug-likeness (QED) is 0.912. The van der Waals surface area contributed by atoms with Crippen LogP contribution in [0.2, 0.25) is 0 Å². The molecule has 0 aliphatic carbocycles. The number of nitrogens with one attached hydrogen (secondary N) is 1. The Morgan fingerprint density at radius 1 is 1.10 bits per heavy atom. The molecule has 0 radical (unpaired) electrons. The maximum Gasteiger partial charge on any atom is 0.265 e. The Kier molecular flexibility index (Phi) is 4.05. The molecule has 0 saturated heterocycles. The first-order valence-corrected chi connectivity index (χ1v) is 8.04. The van der Waals surface area contributed by atoms with Crippen LogP contribution in [0.25, 0.3) is 0 Å². The largest absolute Gasteiger partial charge is 0.265 e. The SMILES string of the molecule is Cc1ccc(S(=O)(=O)Nc2nnc(C)c(C)n2)c(Br)c1. The van der Waals surface area contributed by atoms with Crippen LogP contribution in [0.1, 0.15) is 17.0 Å². The minimum atomic E-state index is -3.75. The molecule has 0 aliphatic rings. The van der Waals surface area contributed by atoms with E-state index in [-0.39, 0.29) is 10.8 Å². The first-order valence-electron chi connectivity index (χ1n) is 5.76. The van der Waals surface area contributed by atoms with Crippen molar-refractivity contribution in [2.45, 2.75) is 25.7 Å². The lowest BCUT2D eigenvalue weighted by atomic mass is 10.2. The summed E-state index contributed by atoms with van der Waals surface area (Å²) in [4.78, 5) is 4.18. The van der Waals surface area contributed by atoms with Crippen molar-refractivity contribution in [3.63, 3.8) is 0 Å². The molecule has 0 aliphatic heterocycles. The van der Waals surface area contributed by atoms with Crippen molar-refractivity contribution in [1.82, 2.24) is 15.2 Å². The summed E-state index contributed by atoms with van der Waals surface area (Å²) in [5.41, 5.74) is 2.24. The Morgan fingerprint density at radius 3 is 2.40 bits per heavy atom. The lowest BCUT2D eigenvalue weighted by molar-refractivity contribution is 0.600. The molecule has 1 aromatic carbocycles. The van der Waals surface area contributed by atoms with Crippen molar-refractivity contribution < 1.29 is 8.42 Å². The van der Waals surface area contributed by atoms with E-state index in [4.69, 9.17) is 0 Å². The highest BCUT2D eigenvalue weighted by Crippen LogP contribution is 2.24. The van der Waals surface area contributed by atoms with Crippen molar-refractivity contribution in [1.29, 1.82) is 0 Å². The number of hydrogen-bond donors (Lipinski definition) is 1. The second kappa shape index (κ2) is 5.45. The van der Waals surface area contributed by atoms with Gasteiger partial charge in [-0.1, -0.05) is 6.07 Å². The average Bonchev–Trinajstić information content (AvgIpc) is 2.33. The summed E-state index contributed by atoms with van der Waals surface area (Å²) in [6, 6.07) is 4.98. The highest BCUT2D eigenvalue weighted by Gasteiger charge is 2.19. The molecule has 1 heterocycles. The van der Waals surface area contributed by atoms with Crippen LogP contribution in [0.4, 0.5) is 5.95 Å². The predicted octanol–water partition coefficient (Wildman–Crippen LogP) is 2.36. The molecule has 0 atom stereocenters. The van der Waals surface area contributed by atoms with E-state index in [1.165, 1.54) is 6.07 Å². The van der Waals surface area contributed by atoms with Crippen LogP contribution in [-0.4, -0.2) is 23.6 Å². The maximum atomic E-state index is 12.3. The smallest absolute Gasteiger partial charge is 0.246 e. The Balaban J connectivity index is 2.38. The van der Waals surface area contributed by atoms with Gasteiger partial charge in [0.05, 0.1) is 11.4 Å². The zero-order valence-electron chi connectivity index (χ0n) is 11.2. The summed E-state index contributed by atoms with van der Waals surface area (Å²) in [7, 11) is -3.75. The van der Waals surface area contributed by atoms with E-state index < -0.39 is 10.0 Å². The van der Waals surface area contributed by atoms with E-state index in [9.17, 15) is 8.42 Å². The summed E-state index contributed by atoms with van der Waals surface area (Å²) in [6.45, 7) is 5.37. The van der Waals surface area contributed by atoms with Gasteiger partial charge in [-0.3, -0.25) is 0 Å². The second-order valence-corrected chi connectivity index (χ2v) is 6.85. The molecule has 8 heteroatoms. The third-order valence-electron chi connectivity index (χ3n) is 2.69. The van der Waals surface area contributed by atoms with Crippen molar-refractivity contribution in [3.8, 4) is 0 Å². The molecule has 20 heavy (non-hydrogen) atoms. The average molecular weight is 357 g/mol. The van der Waals surface area contributed by atoms with Crippen LogP contribution in [0.3, 0.4) is 0 Å². The van der Waals surface area contributed by atoms with Gasteiger partial charge in [0.25, 0.3) is 16.0 Å². The molecule has 6 nitrogen and oxygen atoms in total. The number of hydrogen-bond acceptors (Lipinski definition) is 5. The van der Waals surface area contributed by atoms with E-state index in [1.807, 2.05) is 6.92 Å². The number of aromatic nitrogens is 3. The van der Waals surface area contributed by atoms with Gasteiger partial charge >= 0.3 is 0 Å². The molecule has 0 spiro atoms. The summed E-state index contributed by atoms with van der Waals surface area (Å²) < 4.78 is 27.4. The van der Waals surface area contributed by atoms with Gasteiger partial charge in [-0.05, 0) is 54.4 Å². The molecule has 1 aromatic heterocycles. The number of nitrogens with zero attached hydrogens (tertiary/aromatic N) is 3. The van der Waals surface area contributed by atoms with Gasteiger partial charge < -0.3 is 0 Å². The molecule has 0 bridgehead atoms. The van der Waals surface area contributed by atoms with Crippen LogP contribution in [0.15, 0.2) is 27.6 Å². The third-order valence-corrected chi connectivity index (χ3v) is 5.00. The number of anilines is 1. The van der Waals surface area contributed by atoms with Gasteiger partial charge in [0, 0.05) is 4.47 Å². The molecule has 0 unspecified atom stereocenters. The topological polar surface area (TPSA) is 84.8 Å². The highest BCUT2D eigenvalue weighted by atomic mass is 79.9. The summed E-state index contributed by atoms with van der Waals surface area (Å²) in [6.07, 6.45) is 0. The minimum Gasteiger partial charge on any atom is -0.246 e. The van der Waals surface area contributed by atoms with E-state index >= 15 is 0 Å². The third kappa shape index (κ3) is 3.13. The Labute approximate surface area is 125 Å². The van der Waals surface area contributed by atoms with Gasteiger partial charge in [-0.2, -0.15) is 5.10 Å². The standard InChI is InChI=1S/C12H13BrN4O2S/c1-7-4-5-11(10(13)6-7)20(18,19)17-12-14-8(2)9(3)15-16-12/h4-6H,1-3H3,(H,14,16,17). The zero-order valence-corrected chi connectivity index (χ0v) is 13.6. The van der Waals surface area contributed by atoms with Crippen molar-refractivity contribution >= 4 is 31.9 Å². The van der Waals surface area contributed by atoms with Gasteiger partial charge in [0.15, 0.2) is 0 Å². The van der Waals surface area contributed by atoms with E-state index in [0.717, 1.165) is 5.56 Å². The van der Waals surface area contributed by atoms with Crippen LogP contribution >= 0.6 is 15.9 Å². The van der Waals surface area contributed by atoms with E-state index in [2.05, 4.69) is 35.8 Å². The fourth-order valence-electron chi connectivity index (χ4n) is 1.50. The molecule has 0 amide bonds. The Morgan fingerprint density at radius 2 is 1.80 bits per heavy atom. The summed E-state index contributed by atoms with van der Waals surface area (Å²) >= 11 is 3.25. The lowest BCUT2D eigenvalue weighted by Crippen LogP contribution is -2.16. The first kappa shape index (κ1) is 14.9. The van der Waals surface area contributed by atoms with Crippen molar-refractivity contribution in [2.75, 3.05) is 4.72 Å². The number of halogens is 1. The Bertz CT molecular complexity index is 762. The molecule has 106 valence electrons. The van der Waals surface area contributed by atoms with Gasteiger partial charge in [0.2, 0.25) is 0 Å². The van der Waals surface area contributed by atoms with Gasteiger partial charge in [-0.15, -0.1) is 5.10 Å². The molecular weight excluding hydrogens is 344 g/mol. The highest BCUT2D eigenvalue weighted by molar-refractivity contribution is 9.10. The van der Waals surface area contributed by atoms with Crippen molar-refractivity contribution in [2.24, 2.45) is 0 Å².